The van der Waals surface area contributed by atoms with E-state index in [1.807, 2.05) is 4.90 Å². The smallest absolute Gasteiger partial charge is 0.264 e. The molecule has 19 heavy (non-hydrogen) atoms. The summed E-state index contributed by atoms with van der Waals surface area (Å²) in [6.45, 7) is 4.82. The molecular formula is C14H19BrN2OS. The fraction of sp³-hybridized carbons (Fsp3) is 0.643. The van der Waals surface area contributed by atoms with Crippen LogP contribution in [0.4, 0.5) is 0 Å². The van der Waals surface area contributed by atoms with E-state index in [-0.39, 0.29) is 5.91 Å². The van der Waals surface area contributed by atoms with Gasteiger partial charge in [0.1, 0.15) is 0 Å². The van der Waals surface area contributed by atoms with Crippen LogP contribution in [0.15, 0.2) is 6.07 Å². The van der Waals surface area contributed by atoms with Crippen molar-refractivity contribution in [1.29, 1.82) is 0 Å². The zero-order chi connectivity index (χ0) is 13.2. The lowest BCUT2D eigenvalue weighted by Gasteiger charge is -2.34. The van der Waals surface area contributed by atoms with Crippen LogP contribution in [0.5, 0.6) is 0 Å². The molecule has 3 nitrogen and oxygen atoms in total. The number of carbonyl (C=O) groups excluding carboxylic acids is 1. The summed E-state index contributed by atoms with van der Waals surface area (Å²) in [6, 6.07) is 2.14. The van der Waals surface area contributed by atoms with Gasteiger partial charge < -0.3 is 4.90 Å². The number of hydrogen-bond donors (Lipinski definition) is 0. The summed E-state index contributed by atoms with van der Waals surface area (Å²) in [5.74, 6) is 0.248. The highest BCUT2D eigenvalue weighted by Gasteiger charge is 2.25. The van der Waals surface area contributed by atoms with Crippen LogP contribution in [0.2, 0.25) is 0 Å². The summed E-state index contributed by atoms with van der Waals surface area (Å²) < 4.78 is 0. The van der Waals surface area contributed by atoms with E-state index in [0.29, 0.717) is 0 Å². The highest BCUT2D eigenvalue weighted by Crippen LogP contribution is 2.31. The van der Waals surface area contributed by atoms with Crippen LogP contribution in [0.3, 0.4) is 0 Å². The molecular weight excluding hydrogens is 324 g/mol. The summed E-state index contributed by atoms with van der Waals surface area (Å²) in [6.07, 6.45) is 3.60. The Bertz CT molecular complexity index is 445. The number of carbonyl (C=O) groups is 1. The highest BCUT2D eigenvalue weighted by atomic mass is 79.9. The van der Waals surface area contributed by atoms with E-state index in [2.05, 4.69) is 26.9 Å². The Morgan fingerprint density at radius 2 is 2.05 bits per heavy atom. The second kappa shape index (κ2) is 5.94. The van der Waals surface area contributed by atoms with Crippen molar-refractivity contribution in [3.63, 3.8) is 0 Å². The van der Waals surface area contributed by atoms with Crippen molar-refractivity contribution in [3.05, 3.63) is 21.4 Å². The van der Waals surface area contributed by atoms with Gasteiger partial charge in [0.25, 0.3) is 5.91 Å². The molecule has 1 fully saturated rings. The van der Waals surface area contributed by atoms with E-state index in [4.69, 9.17) is 0 Å². The Morgan fingerprint density at radius 3 is 2.74 bits per heavy atom. The fourth-order valence-electron chi connectivity index (χ4n) is 2.88. The van der Waals surface area contributed by atoms with Gasteiger partial charge >= 0.3 is 0 Å². The molecule has 2 heterocycles. The Hall–Kier alpha value is -0.390. The summed E-state index contributed by atoms with van der Waals surface area (Å²) in [4.78, 5) is 19.3. The number of aryl methyl sites for hydroxylation is 2. The number of rotatable bonds is 3. The van der Waals surface area contributed by atoms with Crippen molar-refractivity contribution < 1.29 is 4.79 Å². The molecule has 1 saturated heterocycles. The first-order chi connectivity index (χ1) is 9.28. The molecule has 1 amide bonds. The van der Waals surface area contributed by atoms with Gasteiger partial charge in [-0.3, -0.25) is 9.69 Å². The number of amides is 1. The summed E-state index contributed by atoms with van der Waals surface area (Å²) in [7, 11) is 0. The number of thiophene rings is 1. The number of halogens is 1. The molecule has 0 N–H and O–H groups in total. The third-order valence-electron chi connectivity index (χ3n) is 4.02. The normalized spacial score (nSPS) is 19.7. The van der Waals surface area contributed by atoms with Crippen LogP contribution in [-0.4, -0.2) is 53.8 Å². The van der Waals surface area contributed by atoms with Gasteiger partial charge in [-0.25, -0.2) is 0 Å². The van der Waals surface area contributed by atoms with Crippen LogP contribution in [0, 0.1) is 0 Å². The van der Waals surface area contributed by atoms with Crippen molar-refractivity contribution in [1.82, 2.24) is 9.80 Å². The number of alkyl halides is 1. The van der Waals surface area contributed by atoms with E-state index in [0.717, 1.165) is 49.4 Å². The lowest BCUT2D eigenvalue weighted by molar-refractivity contribution is 0.0649. The maximum Gasteiger partial charge on any atom is 0.264 e. The highest BCUT2D eigenvalue weighted by molar-refractivity contribution is 9.09. The SMILES string of the molecule is O=C(c1cc2c(s1)CCC2)N1CCN(CCBr)CC1. The average Bonchev–Trinajstić information content (AvgIpc) is 3.00. The van der Waals surface area contributed by atoms with Crippen molar-refractivity contribution in [2.75, 3.05) is 38.1 Å². The molecule has 104 valence electrons. The van der Waals surface area contributed by atoms with Gasteiger partial charge in [0.05, 0.1) is 4.88 Å². The van der Waals surface area contributed by atoms with E-state index >= 15 is 0 Å². The molecule has 1 aliphatic carbocycles. The maximum atomic E-state index is 12.5. The molecule has 3 rings (SSSR count). The van der Waals surface area contributed by atoms with Crippen LogP contribution in [0.1, 0.15) is 26.5 Å². The molecule has 0 spiro atoms. The van der Waals surface area contributed by atoms with Crippen LogP contribution >= 0.6 is 27.3 Å². The molecule has 0 atom stereocenters. The molecule has 5 heteroatoms. The summed E-state index contributed by atoms with van der Waals surface area (Å²) in [5.41, 5.74) is 1.42. The third-order valence-corrected chi connectivity index (χ3v) is 5.60. The van der Waals surface area contributed by atoms with Gasteiger partial charge in [-0.05, 0) is 30.9 Å². The molecule has 0 aromatic carbocycles. The predicted octanol–water partition coefficient (Wildman–Crippen LogP) is 2.39. The van der Waals surface area contributed by atoms with Crippen molar-refractivity contribution in [2.24, 2.45) is 0 Å². The van der Waals surface area contributed by atoms with E-state index in [1.165, 1.54) is 23.3 Å². The maximum absolute atomic E-state index is 12.5. The average molecular weight is 343 g/mol. The van der Waals surface area contributed by atoms with Gasteiger partial charge in [-0.15, -0.1) is 11.3 Å². The molecule has 1 aliphatic heterocycles. The molecule has 2 aliphatic rings. The molecule has 0 bridgehead atoms. The Kier molecular flexibility index (Phi) is 4.24. The minimum absolute atomic E-state index is 0.248. The standard InChI is InChI=1S/C14H19BrN2OS/c15-4-5-16-6-8-17(9-7-16)14(18)13-10-11-2-1-3-12(11)19-13/h10H,1-9H2. The fourth-order valence-corrected chi connectivity index (χ4v) is 4.61. The van der Waals surface area contributed by atoms with Gasteiger partial charge in [-0.2, -0.15) is 0 Å². The molecule has 0 unspecified atom stereocenters. The van der Waals surface area contributed by atoms with Crippen molar-refractivity contribution in [3.8, 4) is 0 Å². The molecule has 1 aromatic rings. The van der Waals surface area contributed by atoms with Gasteiger partial charge in [0.15, 0.2) is 0 Å². The van der Waals surface area contributed by atoms with Crippen molar-refractivity contribution in [2.45, 2.75) is 19.3 Å². The first-order valence-corrected chi connectivity index (χ1v) is 8.91. The quantitative estimate of drug-likeness (QED) is 0.787. The zero-order valence-corrected chi connectivity index (χ0v) is 13.4. The van der Waals surface area contributed by atoms with Gasteiger partial charge in [-0.1, -0.05) is 15.9 Å². The number of hydrogen-bond acceptors (Lipinski definition) is 3. The topological polar surface area (TPSA) is 23.6 Å². The molecule has 0 saturated carbocycles. The number of piperazine rings is 1. The third kappa shape index (κ3) is 2.88. The van der Waals surface area contributed by atoms with Gasteiger partial charge in [0.2, 0.25) is 0 Å². The number of fused-ring (bicyclic) bond motifs is 1. The first kappa shape index (κ1) is 13.6. The van der Waals surface area contributed by atoms with E-state index in [1.54, 1.807) is 11.3 Å². The van der Waals surface area contributed by atoms with E-state index in [9.17, 15) is 4.79 Å². The molecule has 1 aromatic heterocycles. The first-order valence-electron chi connectivity index (χ1n) is 6.97. The predicted molar refractivity (Wildman–Crippen MR) is 82.5 cm³/mol. The summed E-state index contributed by atoms with van der Waals surface area (Å²) >= 11 is 5.19. The second-order valence-electron chi connectivity index (χ2n) is 5.24. The van der Waals surface area contributed by atoms with Gasteiger partial charge in [0, 0.05) is 42.9 Å². The Balaban J connectivity index is 1.61. The minimum Gasteiger partial charge on any atom is -0.335 e. The Labute approximate surface area is 126 Å². The van der Waals surface area contributed by atoms with E-state index < -0.39 is 0 Å². The Morgan fingerprint density at radius 1 is 1.26 bits per heavy atom. The van der Waals surface area contributed by atoms with Crippen LogP contribution in [0.25, 0.3) is 0 Å². The van der Waals surface area contributed by atoms with Crippen LogP contribution < -0.4 is 0 Å². The number of nitrogens with zero attached hydrogens (tertiary/aromatic N) is 2. The summed E-state index contributed by atoms with van der Waals surface area (Å²) in [5, 5.41) is 1.01. The minimum atomic E-state index is 0.248. The molecule has 0 radical (unpaired) electrons. The monoisotopic (exact) mass is 342 g/mol. The zero-order valence-electron chi connectivity index (χ0n) is 11.0. The lowest BCUT2D eigenvalue weighted by atomic mass is 10.2. The second-order valence-corrected chi connectivity index (χ2v) is 7.17. The largest absolute Gasteiger partial charge is 0.335 e. The lowest BCUT2D eigenvalue weighted by Crippen LogP contribution is -2.48. The van der Waals surface area contributed by atoms with Crippen molar-refractivity contribution >= 4 is 33.2 Å². The van der Waals surface area contributed by atoms with Crippen LogP contribution in [-0.2, 0) is 12.8 Å².